The predicted octanol–water partition coefficient (Wildman–Crippen LogP) is 6.63. The minimum atomic E-state index is 0.984. The highest BCUT2D eigenvalue weighted by atomic mass is 14.8. The summed E-state index contributed by atoms with van der Waals surface area (Å²) in [6.07, 6.45) is 6.19. The van der Waals surface area contributed by atoms with Crippen molar-refractivity contribution in [2.45, 2.75) is 12.8 Å². The summed E-state index contributed by atoms with van der Waals surface area (Å²) in [6.45, 7) is 0. The molecule has 0 bridgehead atoms. The number of hydrogen-bond acceptors (Lipinski definition) is 2. The average Bonchev–Trinajstić information content (AvgIpc) is 3.16. The number of rotatable bonds is 5. The number of nitrogens with zero attached hydrogens (tertiary/aromatic N) is 1. The van der Waals surface area contributed by atoms with E-state index in [1.807, 2.05) is 54.7 Å². The van der Waals surface area contributed by atoms with Crippen LogP contribution in [0.15, 0.2) is 113 Å². The minimum absolute atomic E-state index is 0.984. The Labute approximate surface area is 160 Å². The smallest absolute Gasteiger partial charge is 0.0629 e. The number of anilines is 1. The highest BCUT2D eigenvalue weighted by Gasteiger charge is 2.20. The lowest BCUT2D eigenvalue weighted by Crippen LogP contribution is -1.93. The molecule has 0 saturated carbocycles. The van der Waals surface area contributed by atoms with Crippen molar-refractivity contribution in [2.75, 3.05) is 5.32 Å². The summed E-state index contributed by atoms with van der Waals surface area (Å²) in [5.74, 6) is 0. The topological polar surface area (TPSA) is 24.4 Å². The predicted molar refractivity (Wildman–Crippen MR) is 115 cm³/mol. The lowest BCUT2D eigenvalue weighted by Gasteiger charge is -2.09. The van der Waals surface area contributed by atoms with Crippen molar-refractivity contribution >= 4 is 23.2 Å². The van der Waals surface area contributed by atoms with Crippen molar-refractivity contribution in [3.05, 3.63) is 114 Å². The number of nitrogens with one attached hydrogen (secondary N) is 1. The molecule has 27 heavy (non-hydrogen) atoms. The van der Waals surface area contributed by atoms with E-state index in [9.17, 15) is 0 Å². The van der Waals surface area contributed by atoms with E-state index in [0.717, 1.165) is 24.2 Å². The van der Waals surface area contributed by atoms with Gasteiger partial charge in [0, 0.05) is 18.1 Å². The molecule has 0 unspecified atom stereocenters. The quantitative estimate of drug-likeness (QED) is 0.513. The fraction of sp³-hybridized carbons (Fsp3) is 0.0800. The van der Waals surface area contributed by atoms with Crippen LogP contribution in [-0.2, 0) is 0 Å². The molecule has 0 fully saturated rings. The lowest BCUT2D eigenvalue weighted by atomic mass is 9.99. The third-order valence-corrected chi connectivity index (χ3v) is 4.68. The molecule has 0 atom stereocenters. The first-order valence-electron chi connectivity index (χ1n) is 9.29. The summed E-state index contributed by atoms with van der Waals surface area (Å²) in [7, 11) is 0. The van der Waals surface area contributed by atoms with Crippen molar-refractivity contribution in [3.8, 4) is 0 Å². The first kappa shape index (κ1) is 17.0. The summed E-state index contributed by atoms with van der Waals surface area (Å²) in [5, 5.41) is 3.44. The van der Waals surface area contributed by atoms with Gasteiger partial charge in [0.25, 0.3) is 0 Å². The van der Waals surface area contributed by atoms with Crippen LogP contribution < -0.4 is 5.32 Å². The van der Waals surface area contributed by atoms with Crippen LogP contribution in [0, 0.1) is 0 Å². The Hall–Kier alpha value is -3.39. The third-order valence-electron chi connectivity index (χ3n) is 4.68. The third kappa shape index (κ3) is 4.24. The summed E-state index contributed by atoms with van der Waals surface area (Å²) < 4.78 is 0. The fourth-order valence-electron chi connectivity index (χ4n) is 3.35. The molecule has 0 aromatic heterocycles. The lowest BCUT2D eigenvalue weighted by molar-refractivity contribution is 1.04. The Morgan fingerprint density at radius 2 is 1.33 bits per heavy atom. The van der Waals surface area contributed by atoms with Crippen molar-refractivity contribution < 1.29 is 0 Å². The highest BCUT2D eigenvalue weighted by Crippen LogP contribution is 2.38. The van der Waals surface area contributed by atoms with Crippen LogP contribution in [0.4, 0.5) is 11.4 Å². The monoisotopic (exact) mass is 350 g/mol. The van der Waals surface area contributed by atoms with E-state index >= 15 is 0 Å². The van der Waals surface area contributed by atoms with Crippen LogP contribution in [0.25, 0.3) is 5.57 Å². The van der Waals surface area contributed by atoms with Gasteiger partial charge in [0.2, 0.25) is 0 Å². The molecule has 0 spiro atoms. The van der Waals surface area contributed by atoms with Crippen molar-refractivity contribution in [2.24, 2.45) is 4.99 Å². The van der Waals surface area contributed by atoms with Gasteiger partial charge in [0.1, 0.15) is 0 Å². The zero-order chi connectivity index (χ0) is 18.3. The van der Waals surface area contributed by atoms with Gasteiger partial charge in [-0.05, 0) is 59.4 Å². The van der Waals surface area contributed by atoms with Crippen molar-refractivity contribution in [1.82, 2.24) is 0 Å². The van der Waals surface area contributed by atoms with Gasteiger partial charge in [-0.15, -0.1) is 0 Å². The van der Waals surface area contributed by atoms with E-state index in [1.54, 1.807) is 0 Å². The van der Waals surface area contributed by atoms with Gasteiger partial charge < -0.3 is 5.32 Å². The second-order valence-corrected chi connectivity index (χ2v) is 6.54. The fourth-order valence-corrected chi connectivity index (χ4v) is 3.35. The van der Waals surface area contributed by atoms with E-state index in [4.69, 9.17) is 0 Å². The maximum atomic E-state index is 4.69. The molecule has 3 aromatic rings. The van der Waals surface area contributed by atoms with Gasteiger partial charge in [-0.3, -0.25) is 4.99 Å². The van der Waals surface area contributed by atoms with E-state index in [-0.39, 0.29) is 0 Å². The van der Waals surface area contributed by atoms with Crippen LogP contribution in [0.1, 0.15) is 18.4 Å². The number of benzene rings is 3. The first-order valence-corrected chi connectivity index (χ1v) is 9.29. The second kappa shape index (κ2) is 8.33. The minimum Gasteiger partial charge on any atom is -0.361 e. The average molecular weight is 350 g/mol. The molecule has 0 radical (unpaired) electrons. The van der Waals surface area contributed by atoms with Gasteiger partial charge in [-0.25, -0.2) is 0 Å². The molecule has 2 heteroatoms. The van der Waals surface area contributed by atoms with Crippen LogP contribution in [0.5, 0.6) is 0 Å². The Morgan fingerprint density at radius 1 is 0.704 bits per heavy atom. The van der Waals surface area contributed by atoms with Gasteiger partial charge in [0.15, 0.2) is 0 Å². The van der Waals surface area contributed by atoms with Crippen LogP contribution in [-0.4, -0.2) is 6.21 Å². The van der Waals surface area contributed by atoms with Crippen LogP contribution in [0.2, 0.25) is 0 Å². The molecule has 0 aliphatic heterocycles. The molecule has 0 heterocycles. The van der Waals surface area contributed by atoms with Gasteiger partial charge >= 0.3 is 0 Å². The maximum absolute atomic E-state index is 4.69. The number of allylic oxidation sites excluding steroid dienone is 3. The molecule has 1 aliphatic rings. The molecule has 0 saturated heterocycles. The number of hydrogen-bond donors (Lipinski definition) is 1. The number of aliphatic imine (C=N–C) groups is 1. The SMILES string of the molecule is C(=N\c1ccccc1)/C1=C(c2ccccc2)C(=C/Nc2ccccc2)/CC1. The Balaban J connectivity index is 1.68. The zero-order valence-corrected chi connectivity index (χ0v) is 15.2. The Morgan fingerprint density at radius 3 is 2.04 bits per heavy atom. The Bertz CT molecular complexity index is 969. The Kier molecular flexibility index (Phi) is 5.26. The molecule has 4 rings (SSSR count). The molecule has 0 amide bonds. The first-order chi connectivity index (χ1) is 13.4. The highest BCUT2D eigenvalue weighted by molar-refractivity contribution is 5.99. The molecule has 132 valence electrons. The molecule has 1 aliphatic carbocycles. The van der Waals surface area contributed by atoms with Gasteiger partial charge in [-0.2, -0.15) is 0 Å². The molecular formula is C25H22N2. The van der Waals surface area contributed by atoms with Crippen molar-refractivity contribution in [1.29, 1.82) is 0 Å². The van der Waals surface area contributed by atoms with E-state index in [0.29, 0.717) is 0 Å². The summed E-state index contributed by atoms with van der Waals surface area (Å²) in [6, 6.07) is 31.0. The van der Waals surface area contributed by atoms with Crippen LogP contribution >= 0.6 is 0 Å². The summed E-state index contributed by atoms with van der Waals surface area (Å²) in [5.41, 5.74) is 7.22. The van der Waals surface area contributed by atoms with E-state index in [2.05, 4.69) is 59.0 Å². The maximum Gasteiger partial charge on any atom is 0.0629 e. The van der Waals surface area contributed by atoms with Gasteiger partial charge in [-0.1, -0.05) is 66.7 Å². The normalized spacial score (nSPS) is 15.6. The summed E-state index contributed by atoms with van der Waals surface area (Å²) >= 11 is 0. The van der Waals surface area contributed by atoms with Crippen LogP contribution in [0.3, 0.4) is 0 Å². The molecular weight excluding hydrogens is 328 g/mol. The molecule has 2 nitrogen and oxygen atoms in total. The molecule has 3 aromatic carbocycles. The summed E-state index contributed by atoms with van der Waals surface area (Å²) in [4.78, 5) is 4.69. The van der Waals surface area contributed by atoms with Gasteiger partial charge in [0.05, 0.1) is 5.69 Å². The van der Waals surface area contributed by atoms with E-state index < -0.39 is 0 Å². The van der Waals surface area contributed by atoms with E-state index in [1.165, 1.54) is 22.3 Å². The standard InChI is InChI=1S/C25H22N2/c1-4-10-20(11-5-1)25-21(18-26-23-12-6-2-7-13-23)16-17-22(25)19-27-24-14-8-3-9-15-24/h1-15,18-19,26H,16-17H2/b21-18+,27-19+. The zero-order valence-electron chi connectivity index (χ0n) is 15.2. The van der Waals surface area contributed by atoms with Crippen molar-refractivity contribution in [3.63, 3.8) is 0 Å². The second-order valence-electron chi connectivity index (χ2n) is 6.54. The number of para-hydroxylation sites is 2. The largest absolute Gasteiger partial charge is 0.361 e. The molecule has 1 N–H and O–H groups in total.